The minimum atomic E-state index is -0.0968. The van der Waals surface area contributed by atoms with Gasteiger partial charge in [-0.25, -0.2) is 0 Å². The van der Waals surface area contributed by atoms with Gasteiger partial charge in [-0.1, -0.05) is 54.3 Å². The first kappa shape index (κ1) is 31.1. The fraction of sp³-hybridized carbons (Fsp3) is 0.909. The number of ether oxygens (including phenoxy) is 5. The van der Waals surface area contributed by atoms with Crippen LogP contribution in [0.5, 0.6) is 0 Å². The number of fused-ring (bicyclic) bond motifs is 1. The smallest absolute Gasteiger partial charge is 0.158 e. The van der Waals surface area contributed by atoms with Crippen molar-refractivity contribution in [2.45, 2.75) is 158 Å². The van der Waals surface area contributed by atoms with Crippen LogP contribution in [0.4, 0.5) is 0 Å². The number of hydrogen-bond acceptors (Lipinski definition) is 6. The normalized spacial score (nSPS) is 37.5. The molecule has 0 amide bonds. The molecule has 3 aliphatic heterocycles. The number of alkyl halides is 1. The quantitative estimate of drug-likeness (QED) is 0.0856. The van der Waals surface area contributed by atoms with Gasteiger partial charge in [-0.2, -0.15) is 0 Å². The van der Waals surface area contributed by atoms with Gasteiger partial charge in [0.15, 0.2) is 12.6 Å². The van der Waals surface area contributed by atoms with E-state index in [0.717, 1.165) is 70.9 Å². The van der Waals surface area contributed by atoms with E-state index in [2.05, 4.69) is 35.0 Å². The minimum absolute atomic E-state index is 0.0778. The average Bonchev–Trinajstić information content (AvgIpc) is 3.69. The number of halogens is 1. The Morgan fingerprint density at radius 2 is 1.75 bits per heavy atom. The van der Waals surface area contributed by atoms with Gasteiger partial charge < -0.3 is 28.5 Å². The fourth-order valence-corrected chi connectivity index (χ4v) is 8.86. The molecule has 5 aliphatic rings. The van der Waals surface area contributed by atoms with Gasteiger partial charge in [0.25, 0.3) is 0 Å². The Morgan fingerprint density at radius 3 is 2.42 bits per heavy atom. The molecule has 0 aromatic heterocycles. The lowest BCUT2D eigenvalue weighted by atomic mass is 9.75. The molecule has 2 saturated carbocycles. The van der Waals surface area contributed by atoms with Crippen LogP contribution in [-0.4, -0.2) is 61.3 Å². The predicted octanol–water partition coefficient (Wildman–Crippen LogP) is 7.65. The van der Waals surface area contributed by atoms with Crippen molar-refractivity contribution < 1.29 is 28.5 Å². The second-order valence-corrected chi connectivity index (χ2v) is 14.2. The van der Waals surface area contributed by atoms with Gasteiger partial charge in [-0.15, -0.1) is 0 Å². The molecule has 6 nitrogen and oxygen atoms in total. The van der Waals surface area contributed by atoms with Gasteiger partial charge in [0, 0.05) is 42.2 Å². The molecule has 0 radical (unpaired) electrons. The number of aldehydes is 1. The maximum absolute atomic E-state index is 10.8. The van der Waals surface area contributed by atoms with Crippen molar-refractivity contribution in [3.63, 3.8) is 0 Å². The van der Waals surface area contributed by atoms with E-state index in [0.29, 0.717) is 12.3 Å². The standard InChI is InChI=1S/C33H53BrO6/c1-2-16-33(17-6-7-18-33)30(40-32-13-5-10-21-37-32)15-14-24-25-22-29(26(34)11-3-8-19-35)38-28(25)23-27(24)39-31-12-4-9-20-36-31/h14-15,19,24-32H,2-13,16-18,20-23H2,1H3/t24-,25-,26?,27-,28-,29-,30+,31?,32?/m1/s1. The summed E-state index contributed by atoms with van der Waals surface area (Å²) < 4.78 is 32.3. The molecule has 3 saturated heterocycles. The van der Waals surface area contributed by atoms with E-state index in [9.17, 15) is 4.79 Å². The SMILES string of the molecule is CCCC1([C@H](C=C[C@@H]2[C@H]3C[C@H](C(Br)CCCC=O)O[C@@H]3C[C@H]2OC2CCCCO2)OC2CCCCO2)CCCC1. The van der Waals surface area contributed by atoms with Gasteiger partial charge in [0.05, 0.1) is 24.4 Å². The predicted molar refractivity (Wildman–Crippen MR) is 159 cm³/mol. The van der Waals surface area contributed by atoms with Crippen molar-refractivity contribution in [3.8, 4) is 0 Å². The summed E-state index contributed by atoms with van der Waals surface area (Å²) in [6.45, 7) is 3.92. The first-order valence-corrected chi connectivity index (χ1v) is 17.5. The second kappa shape index (κ2) is 15.4. The van der Waals surface area contributed by atoms with Crippen molar-refractivity contribution in [2.24, 2.45) is 17.3 Å². The van der Waals surface area contributed by atoms with Crippen molar-refractivity contribution in [1.29, 1.82) is 0 Å². The molecular weight excluding hydrogens is 572 g/mol. The topological polar surface area (TPSA) is 63.2 Å². The van der Waals surface area contributed by atoms with E-state index in [-0.39, 0.29) is 53.2 Å². The van der Waals surface area contributed by atoms with E-state index in [1.807, 2.05) is 0 Å². The molecule has 7 heteroatoms. The van der Waals surface area contributed by atoms with E-state index in [4.69, 9.17) is 23.7 Å². The molecule has 3 unspecified atom stereocenters. The zero-order valence-electron chi connectivity index (χ0n) is 24.7. The van der Waals surface area contributed by atoms with Gasteiger partial charge in [0.1, 0.15) is 6.29 Å². The summed E-state index contributed by atoms with van der Waals surface area (Å²) in [6, 6.07) is 0. The monoisotopic (exact) mass is 624 g/mol. The van der Waals surface area contributed by atoms with Crippen molar-refractivity contribution in [3.05, 3.63) is 12.2 Å². The maximum Gasteiger partial charge on any atom is 0.158 e. The Labute approximate surface area is 250 Å². The zero-order valence-corrected chi connectivity index (χ0v) is 26.3. The van der Waals surface area contributed by atoms with Gasteiger partial charge in [-0.05, 0) is 83.0 Å². The van der Waals surface area contributed by atoms with E-state index in [1.54, 1.807) is 0 Å². The highest BCUT2D eigenvalue weighted by Gasteiger charge is 2.51. The van der Waals surface area contributed by atoms with Crippen molar-refractivity contribution in [1.82, 2.24) is 0 Å². The molecule has 0 spiro atoms. The Balaban J connectivity index is 1.33. The second-order valence-electron chi connectivity index (χ2n) is 13.1. The molecule has 5 rings (SSSR count). The van der Waals surface area contributed by atoms with Gasteiger partial charge >= 0.3 is 0 Å². The third kappa shape index (κ3) is 7.79. The third-order valence-electron chi connectivity index (χ3n) is 10.3. The average molecular weight is 626 g/mol. The van der Waals surface area contributed by atoms with Crippen LogP contribution in [-0.2, 0) is 28.5 Å². The molecule has 0 N–H and O–H groups in total. The highest BCUT2D eigenvalue weighted by atomic mass is 79.9. The molecule has 0 aromatic carbocycles. The van der Waals surface area contributed by atoms with Crippen LogP contribution in [0.2, 0.25) is 0 Å². The summed E-state index contributed by atoms with van der Waals surface area (Å²) in [5.74, 6) is 0.715. The largest absolute Gasteiger partial charge is 0.373 e. The van der Waals surface area contributed by atoms with E-state index < -0.39 is 0 Å². The fourth-order valence-electron chi connectivity index (χ4n) is 8.20. The molecule has 2 aliphatic carbocycles. The van der Waals surface area contributed by atoms with Gasteiger partial charge in [-0.3, -0.25) is 0 Å². The number of carbonyl (C=O) groups excluding carboxylic acids is 1. The summed E-state index contributed by atoms with van der Waals surface area (Å²) in [7, 11) is 0. The summed E-state index contributed by atoms with van der Waals surface area (Å²) in [6.07, 6.45) is 24.8. The summed E-state index contributed by atoms with van der Waals surface area (Å²) >= 11 is 3.90. The van der Waals surface area contributed by atoms with Crippen LogP contribution >= 0.6 is 15.9 Å². The van der Waals surface area contributed by atoms with Crippen LogP contribution in [0.3, 0.4) is 0 Å². The highest BCUT2D eigenvalue weighted by molar-refractivity contribution is 9.09. The Kier molecular flexibility index (Phi) is 12.0. The van der Waals surface area contributed by atoms with Crippen LogP contribution in [0.1, 0.15) is 116 Å². The Bertz CT molecular complexity index is 788. The Morgan fingerprint density at radius 1 is 1.00 bits per heavy atom. The van der Waals surface area contributed by atoms with Crippen LogP contribution in [0.25, 0.3) is 0 Å². The molecule has 9 atom stereocenters. The molecular formula is C33H53BrO6. The number of hydrogen-bond donors (Lipinski definition) is 0. The lowest BCUT2D eigenvalue weighted by Crippen LogP contribution is -2.38. The van der Waals surface area contributed by atoms with Crippen LogP contribution in [0.15, 0.2) is 12.2 Å². The molecule has 0 aromatic rings. The van der Waals surface area contributed by atoms with Crippen molar-refractivity contribution in [2.75, 3.05) is 13.2 Å². The van der Waals surface area contributed by atoms with Crippen LogP contribution < -0.4 is 0 Å². The summed E-state index contributed by atoms with van der Waals surface area (Å²) in [5.41, 5.74) is 0.209. The highest BCUT2D eigenvalue weighted by Crippen LogP contribution is 2.50. The van der Waals surface area contributed by atoms with Crippen LogP contribution in [0, 0.1) is 17.3 Å². The summed E-state index contributed by atoms with van der Waals surface area (Å²) in [5, 5.41) is 0. The minimum Gasteiger partial charge on any atom is -0.373 e. The number of unbranched alkanes of at least 4 members (excludes halogenated alkanes) is 1. The number of rotatable bonds is 14. The molecule has 0 bridgehead atoms. The molecule has 5 fully saturated rings. The molecule has 40 heavy (non-hydrogen) atoms. The Hall–Kier alpha value is -0.310. The van der Waals surface area contributed by atoms with E-state index >= 15 is 0 Å². The molecule has 228 valence electrons. The number of carbonyl (C=O) groups is 1. The molecule has 3 heterocycles. The van der Waals surface area contributed by atoms with Crippen molar-refractivity contribution >= 4 is 22.2 Å². The zero-order chi connectivity index (χ0) is 27.8. The lowest BCUT2D eigenvalue weighted by Gasteiger charge is -2.39. The maximum atomic E-state index is 10.8. The summed E-state index contributed by atoms with van der Waals surface area (Å²) in [4.78, 5) is 11.1. The first-order valence-electron chi connectivity index (χ1n) is 16.6. The van der Waals surface area contributed by atoms with E-state index in [1.165, 1.54) is 51.4 Å². The first-order chi connectivity index (χ1) is 19.6. The lowest BCUT2D eigenvalue weighted by molar-refractivity contribution is -0.201. The van der Waals surface area contributed by atoms with Gasteiger partial charge in [0.2, 0.25) is 0 Å². The third-order valence-corrected chi connectivity index (χ3v) is 11.3.